The van der Waals surface area contributed by atoms with Crippen LogP contribution in [0.2, 0.25) is 0 Å². The number of phenols is 4. The summed E-state index contributed by atoms with van der Waals surface area (Å²) in [7, 11) is 0. The highest BCUT2D eigenvalue weighted by atomic mass is 32.2. The van der Waals surface area contributed by atoms with Gasteiger partial charge < -0.3 is 51.1 Å². The molecule has 0 bridgehead atoms. The van der Waals surface area contributed by atoms with E-state index in [0.717, 1.165) is 80.0 Å². The van der Waals surface area contributed by atoms with Crippen LogP contribution in [-0.4, -0.2) is 99.7 Å². The highest BCUT2D eigenvalue weighted by molar-refractivity contribution is 7.99. The molecule has 0 amide bonds. The average molecular weight is 1320 g/mol. The Morgan fingerprint density at radius 3 is 0.667 bits per heavy atom. The maximum absolute atomic E-state index is 12.8. The first-order chi connectivity index (χ1) is 41.7. The predicted octanol–water partition coefficient (Wildman–Crippen LogP) is 18.1. The molecule has 4 atom stereocenters. The number of hydrogen-bond donors (Lipinski definition) is 10. The summed E-state index contributed by atoms with van der Waals surface area (Å²) in [6.07, 6.45) is 3.74. The summed E-state index contributed by atoms with van der Waals surface area (Å²) in [6.45, 7) is 55.8. The number of aliphatic hydroxyl groups excluding tert-OH is 2. The van der Waals surface area contributed by atoms with E-state index in [1.165, 1.54) is 0 Å². The van der Waals surface area contributed by atoms with Gasteiger partial charge in [0.2, 0.25) is 0 Å². The number of rotatable bonds is 19. The molecular formula is C78H124O14S. The molecule has 4 rings (SSSR count). The van der Waals surface area contributed by atoms with Crippen LogP contribution in [-0.2, 0) is 73.3 Å². The minimum atomic E-state index is -1.14. The van der Waals surface area contributed by atoms with Crippen molar-refractivity contribution in [2.45, 2.75) is 298 Å². The third-order valence-electron chi connectivity index (χ3n) is 17.5. The fourth-order valence-corrected chi connectivity index (χ4v) is 11.3. The molecule has 0 spiro atoms. The number of aliphatic hydroxyl groups is 2. The second-order valence-electron chi connectivity index (χ2n) is 34.1. The van der Waals surface area contributed by atoms with Gasteiger partial charge in [0.15, 0.2) is 0 Å². The smallest absolute Gasteiger partial charge is 0.313 e. The Kier molecular flexibility index (Phi) is 29.6. The standard InChI is InChI=1S/C40H62O6.2C17H26O3.C4H10O2S/c1-35(2,3)27-21-25(22-28(31(27)41)36(4,5)6)39(13,33(43)44)19-17-15-16-18-20-40(14,34(45)46)26-23-29(37(7,8)9)32(42)30(24-26)38(10,11)12;2*1-10(15(19)20)11-8-12(16(2,3)4)14(18)13(9-11)17(5,6)7;5-1-3-7-4-2-6/h21-24,41-42H,15-20H2,1-14H3,(H,43,44)(H,45,46);2*8-10,18H,1-7H3,(H,19,20);5-6H,1-4H2. The molecule has 15 heteroatoms. The Morgan fingerprint density at radius 2 is 0.516 bits per heavy atom. The van der Waals surface area contributed by atoms with Gasteiger partial charge in [0.05, 0.1) is 35.9 Å². The predicted molar refractivity (Wildman–Crippen MR) is 383 cm³/mol. The monoisotopic (exact) mass is 1320 g/mol. The summed E-state index contributed by atoms with van der Waals surface area (Å²) in [5.74, 6) is -2.16. The highest BCUT2D eigenvalue weighted by Crippen LogP contribution is 2.47. The Bertz CT molecular complexity index is 2820. The van der Waals surface area contributed by atoms with Gasteiger partial charge in [0, 0.05) is 11.5 Å². The van der Waals surface area contributed by atoms with E-state index in [4.69, 9.17) is 10.2 Å². The van der Waals surface area contributed by atoms with Crippen LogP contribution >= 0.6 is 11.8 Å². The molecule has 0 fully saturated rings. The molecule has 4 aromatic rings. The summed E-state index contributed by atoms with van der Waals surface area (Å²) >= 11 is 1.55. The van der Waals surface area contributed by atoms with E-state index in [2.05, 4.69) is 0 Å². The number of phenolic OH excluding ortho intramolecular Hbond substituents is 4. The fourth-order valence-electron chi connectivity index (χ4n) is 10.9. The van der Waals surface area contributed by atoms with Crippen LogP contribution < -0.4 is 0 Å². The number of carboxylic acids is 4. The van der Waals surface area contributed by atoms with Crippen molar-refractivity contribution in [2.75, 3.05) is 24.7 Å². The van der Waals surface area contributed by atoms with E-state index in [9.17, 15) is 60.0 Å². The minimum absolute atomic E-state index is 0.213. The van der Waals surface area contributed by atoms with Crippen LogP contribution in [0.1, 0.15) is 311 Å². The molecular weight excluding hydrogens is 1190 g/mol. The van der Waals surface area contributed by atoms with Gasteiger partial charge in [0.25, 0.3) is 0 Å². The van der Waals surface area contributed by atoms with Gasteiger partial charge in [-0.3, -0.25) is 19.2 Å². The van der Waals surface area contributed by atoms with Crippen molar-refractivity contribution in [3.63, 3.8) is 0 Å². The van der Waals surface area contributed by atoms with E-state index in [1.807, 2.05) is 215 Å². The lowest BCUT2D eigenvalue weighted by atomic mass is 9.71. The minimum Gasteiger partial charge on any atom is -0.507 e. The normalized spacial score (nSPS) is 14.6. The highest BCUT2D eigenvalue weighted by Gasteiger charge is 2.41. The fraction of sp³-hybridized carbons (Fsp3) is 0.641. The Labute approximate surface area is 564 Å². The van der Waals surface area contributed by atoms with Crippen LogP contribution in [0.3, 0.4) is 0 Å². The molecule has 0 radical (unpaired) electrons. The third kappa shape index (κ3) is 23.5. The van der Waals surface area contributed by atoms with E-state index < -0.39 is 46.5 Å². The van der Waals surface area contributed by atoms with Crippen molar-refractivity contribution in [1.82, 2.24) is 0 Å². The Morgan fingerprint density at radius 1 is 0.333 bits per heavy atom. The van der Waals surface area contributed by atoms with Gasteiger partial charge >= 0.3 is 23.9 Å². The number of aliphatic carboxylic acids is 4. The Hall–Kier alpha value is -5.77. The molecule has 4 unspecified atom stereocenters. The number of thioether (sulfide) groups is 1. The quantitative estimate of drug-likeness (QED) is 0.0391. The molecule has 93 heavy (non-hydrogen) atoms. The summed E-state index contributed by atoms with van der Waals surface area (Å²) in [5.41, 5.74) is 4.36. The molecule has 0 aliphatic heterocycles. The summed E-state index contributed by atoms with van der Waals surface area (Å²) in [4.78, 5) is 48.1. The first-order valence-corrected chi connectivity index (χ1v) is 34.1. The van der Waals surface area contributed by atoms with E-state index >= 15 is 0 Å². The molecule has 10 N–H and O–H groups in total. The molecule has 4 aromatic carbocycles. The van der Waals surface area contributed by atoms with Gasteiger partial charge in [-0.25, -0.2) is 0 Å². The van der Waals surface area contributed by atoms with Crippen molar-refractivity contribution in [3.05, 3.63) is 115 Å². The molecule has 0 aromatic heterocycles. The molecule has 0 aliphatic rings. The lowest BCUT2D eigenvalue weighted by molar-refractivity contribution is -0.144. The second kappa shape index (κ2) is 32.3. The molecule has 0 saturated carbocycles. The zero-order valence-electron chi connectivity index (χ0n) is 62.4. The SMILES string of the molecule is CC(C(=O)O)c1cc(C(C)(C)C)c(O)c(C(C)(C)C)c1.CC(C(=O)O)c1cc(C(C)(C)C)c(O)c(C(C)(C)C)c1.CC(C)(C)c1cc(C(C)(CCCCCCC(C)(C(=O)O)c2cc(C(C)(C)C)c(O)c(C(C)(C)C)c2)C(=O)O)cc(C(C)(C)C)c1O.OCCSCCO. The van der Waals surface area contributed by atoms with Crippen LogP contribution in [0.25, 0.3) is 0 Å². The van der Waals surface area contributed by atoms with Gasteiger partial charge in [-0.1, -0.05) is 240 Å². The zero-order valence-corrected chi connectivity index (χ0v) is 63.2. The van der Waals surface area contributed by atoms with E-state index in [0.29, 0.717) is 36.8 Å². The topological polar surface area (TPSA) is 271 Å². The first-order valence-electron chi connectivity index (χ1n) is 33.0. The molecule has 0 saturated heterocycles. The van der Waals surface area contributed by atoms with Gasteiger partial charge in [-0.2, -0.15) is 11.8 Å². The van der Waals surface area contributed by atoms with Gasteiger partial charge in [-0.05, 0) is 151 Å². The third-order valence-corrected chi connectivity index (χ3v) is 18.4. The van der Waals surface area contributed by atoms with Crippen molar-refractivity contribution >= 4 is 35.6 Å². The number of aromatic hydroxyl groups is 4. The second-order valence-corrected chi connectivity index (χ2v) is 35.4. The zero-order chi connectivity index (χ0) is 73.1. The number of benzene rings is 4. The van der Waals surface area contributed by atoms with Crippen molar-refractivity contribution in [2.24, 2.45) is 0 Å². The van der Waals surface area contributed by atoms with Crippen LogP contribution in [0.4, 0.5) is 0 Å². The number of unbranched alkanes of at least 4 members (excludes halogenated alkanes) is 3. The average Bonchev–Trinajstić information content (AvgIpc) is 0.785. The number of carbonyl (C=O) groups is 4. The summed E-state index contributed by atoms with van der Waals surface area (Å²) in [5, 5.41) is 99.2. The van der Waals surface area contributed by atoms with Crippen LogP contribution in [0.15, 0.2) is 48.5 Å². The summed E-state index contributed by atoms with van der Waals surface area (Å²) < 4.78 is 0. The van der Waals surface area contributed by atoms with Crippen molar-refractivity contribution in [1.29, 1.82) is 0 Å². The Balaban J connectivity index is 0.000000752. The van der Waals surface area contributed by atoms with E-state index in [-0.39, 0.29) is 79.5 Å². The first kappa shape index (κ1) is 85.2. The maximum atomic E-state index is 12.8. The largest absolute Gasteiger partial charge is 0.507 e. The molecule has 14 nitrogen and oxygen atoms in total. The lowest BCUT2D eigenvalue weighted by Gasteiger charge is -2.33. The van der Waals surface area contributed by atoms with Crippen LogP contribution in [0, 0.1) is 0 Å². The van der Waals surface area contributed by atoms with Crippen molar-refractivity contribution < 1.29 is 70.2 Å². The van der Waals surface area contributed by atoms with Gasteiger partial charge in [-0.15, -0.1) is 0 Å². The molecule has 0 aliphatic carbocycles. The summed E-state index contributed by atoms with van der Waals surface area (Å²) in [6, 6.07) is 14.8. The maximum Gasteiger partial charge on any atom is 0.313 e. The molecule has 0 heterocycles. The number of carboxylic acid groups (broad SMARTS) is 4. The van der Waals surface area contributed by atoms with Crippen LogP contribution in [0.5, 0.6) is 23.0 Å². The lowest BCUT2D eigenvalue weighted by Crippen LogP contribution is -2.34. The van der Waals surface area contributed by atoms with Crippen molar-refractivity contribution in [3.8, 4) is 23.0 Å². The van der Waals surface area contributed by atoms with Gasteiger partial charge in [0.1, 0.15) is 23.0 Å². The molecule has 526 valence electrons. The van der Waals surface area contributed by atoms with E-state index in [1.54, 1.807) is 39.5 Å². The number of hydrogen-bond acceptors (Lipinski definition) is 11.